The van der Waals surface area contributed by atoms with Crippen molar-refractivity contribution in [1.29, 1.82) is 0 Å². The largest absolute Gasteiger partial charge is 0.324 e. The molecule has 0 bridgehead atoms. The number of H-pyrrole nitrogens is 1. The van der Waals surface area contributed by atoms with Crippen LogP contribution in [0, 0.1) is 5.92 Å². The third-order valence-corrected chi connectivity index (χ3v) is 2.85. The van der Waals surface area contributed by atoms with Crippen LogP contribution in [0.4, 0.5) is 0 Å². The molecule has 1 heterocycles. The minimum absolute atomic E-state index is 0.0381. The molecule has 4 heteroatoms. The molecule has 0 saturated heterocycles. The second kappa shape index (κ2) is 4.37. The molecule has 2 aromatic rings. The Kier molecular flexibility index (Phi) is 3.07. The maximum atomic E-state index is 12.1. The predicted octanol–water partition coefficient (Wildman–Crippen LogP) is 2.01. The van der Waals surface area contributed by atoms with Crippen LogP contribution in [-0.2, 0) is 6.54 Å². The first kappa shape index (κ1) is 11.9. The van der Waals surface area contributed by atoms with Crippen LogP contribution in [0.3, 0.4) is 0 Å². The van der Waals surface area contributed by atoms with Crippen LogP contribution in [0.5, 0.6) is 0 Å². The molecule has 1 atom stereocenters. The Hall–Kier alpha value is -1.55. The summed E-state index contributed by atoms with van der Waals surface area (Å²) in [6, 6.07) is 5.72. The molecule has 0 saturated carbocycles. The van der Waals surface area contributed by atoms with Gasteiger partial charge in [-0.2, -0.15) is 0 Å². The van der Waals surface area contributed by atoms with E-state index in [0.717, 1.165) is 16.5 Å². The van der Waals surface area contributed by atoms with Gasteiger partial charge in [-0.25, -0.2) is 0 Å². The Labute approximate surface area is 100 Å². The van der Waals surface area contributed by atoms with Gasteiger partial charge in [0.05, 0.1) is 10.9 Å². The zero-order chi connectivity index (χ0) is 12.6. The molecule has 2 rings (SSSR count). The Balaban J connectivity index is 2.55. The van der Waals surface area contributed by atoms with Crippen molar-refractivity contribution in [3.8, 4) is 0 Å². The average molecular weight is 233 g/mol. The van der Waals surface area contributed by atoms with Gasteiger partial charge in [-0.1, -0.05) is 19.9 Å². The molecule has 0 spiro atoms. The lowest BCUT2D eigenvalue weighted by Crippen LogP contribution is -2.19. The van der Waals surface area contributed by atoms with Crippen LogP contribution in [0.2, 0.25) is 0 Å². The molecule has 0 aliphatic rings. The van der Waals surface area contributed by atoms with E-state index in [1.807, 2.05) is 25.1 Å². The first-order valence-electron chi connectivity index (χ1n) is 5.97. The molecule has 92 valence electrons. The van der Waals surface area contributed by atoms with Gasteiger partial charge >= 0.3 is 0 Å². The van der Waals surface area contributed by atoms with Crippen LogP contribution >= 0.6 is 0 Å². The van der Waals surface area contributed by atoms with Gasteiger partial charge in [0, 0.05) is 12.6 Å². The van der Waals surface area contributed by atoms with Gasteiger partial charge in [0.25, 0.3) is 5.56 Å². The zero-order valence-electron chi connectivity index (χ0n) is 10.5. The highest BCUT2D eigenvalue weighted by Gasteiger charge is 2.09. The summed E-state index contributed by atoms with van der Waals surface area (Å²) >= 11 is 0. The van der Waals surface area contributed by atoms with Crippen molar-refractivity contribution in [1.82, 2.24) is 9.78 Å². The third-order valence-electron chi connectivity index (χ3n) is 2.85. The van der Waals surface area contributed by atoms with E-state index in [0.29, 0.717) is 12.5 Å². The summed E-state index contributed by atoms with van der Waals surface area (Å²) in [5, 5.41) is 3.85. The molecule has 4 nitrogen and oxygen atoms in total. The predicted molar refractivity (Wildman–Crippen MR) is 70.0 cm³/mol. The Bertz CT molecular complexity index is 578. The van der Waals surface area contributed by atoms with Crippen LogP contribution in [0.1, 0.15) is 32.4 Å². The normalized spacial score (nSPS) is 13.5. The molecule has 1 aromatic carbocycles. The summed E-state index contributed by atoms with van der Waals surface area (Å²) in [5.41, 5.74) is 7.73. The number of hydrogen-bond donors (Lipinski definition) is 2. The van der Waals surface area contributed by atoms with Crippen LogP contribution in [-0.4, -0.2) is 9.78 Å². The van der Waals surface area contributed by atoms with Crippen molar-refractivity contribution < 1.29 is 0 Å². The molecule has 1 unspecified atom stereocenters. The maximum Gasteiger partial charge on any atom is 0.274 e. The van der Waals surface area contributed by atoms with Crippen molar-refractivity contribution in [2.45, 2.75) is 33.4 Å². The van der Waals surface area contributed by atoms with Gasteiger partial charge in [0.2, 0.25) is 0 Å². The fourth-order valence-electron chi connectivity index (χ4n) is 1.95. The molecule has 1 aromatic heterocycles. The Morgan fingerprint density at radius 1 is 1.35 bits per heavy atom. The minimum atomic E-state index is -0.0488. The number of aromatic nitrogens is 2. The standard InChI is InChI=1S/C13H19N3O/c1-8(2)7-16-13(17)11-6-10(9(3)14)4-5-12(11)15-16/h4-6,8-9,15H,7,14H2,1-3H3. The summed E-state index contributed by atoms with van der Waals surface area (Å²) in [4.78, 5) is 12.1. The fourth-order valence-corrected chi connectivity index (χ4v) is 1.95. The van der Waals surface area contributed by atoms with Crippen molar-refractivity contribution in [2.24, 2.45) is 11.7 Å². The summed E-state index contributed by atoms with van der Waals surface area (Å²) in [7, 11) is 0. The number of nitrogens with two attached hydrogens (primary N) is 1. The Morgan fingerprint density at radius 3 is 2.65 bits per heavy atom. The number of rotatable bonds is 3. The van der Waals surface area contributed by atoms with E-state index in [4.69, 9.17) is 5.73 Å². The number of nitrogens with one attached hydrogen (secondary N) is 1. The van der Waals surface area contributed by atoms with Gasteiger partial charge in [-0.15, -0.1) is 0 Å². The summed E-state index contributed by atoms with van der Waals surface area (Å²) < 4.78 is 1.67. The number of hydrogen-bond acceptors (Lipinski definition) is 2. The van der Waals surface area contributed by atoms with Gasteiger partial charge in [-0.3, -0.25) is 14.6 Å². The van der Waals surface area contributed by atoms with E-state index in [1.165, 1.54) is 0 Å². The molecule has 17 heavy (non-hydrogen) atoms. The lowest BCUT2D eigenvalue weighted by Gasteiger charge is -2.03. The second-order valence-corrected chi connectivity index (χ2v) is 5.02. The number of nitrogens with zero attached hydrogens (tertiary/aromatic N) is 1. The highest BCUT2D eigenvalue weighted by Crippen LogP contribution is 2.15. The second-order valence-electron chi connectivity index (χ2n) is 5.02. The first-order chi connectivity index (χ1) is 7.99. The topological polar surface area (TPSA) is 63.8 Å². The molecular weight excluding hydrogens is 214 g/mol. The fraction of sp³-hybridized carbons (Fsp3) is 0.462. The van der Waals surface area contributed by atoms with E-state index in [9.17, 15) is 4.79 Å². The molecule has 0 aliphatic carbocycles. The van der Waals surface area contributed by atoms with E-state index in [2.05, 4.69) is 18.9 Å². The molecule has 3 N–H and O–H groups in total. The molecule has 0 radical (unpaired) electrons. The summed E-state index contributed by atoms with van der Waals surface area (Å²) in [6.45, 7) is 6.80. The maximum absolute atomic E-state index is 12.1. The van der Waals surface area contributed by atoms with E-state index >= 15 is 0 Å². The zero-order valence-corrected chi connectivity index (χ0v) is 10.5. The lowest BCUT2D eigenvalue weighted by molar-refractivity contribution is 0.476. The van der Waals surface area contributed by atoms with Crippen LogP contribution in [0.15, 0.2) is 23.0 Å². The van der Waals surface area contributed by atoms with E-state index in [1.54, 1.807) is 4.68 Å². The average Bonchev–Trinajstić information content (AvgIpc) is 2.55. The lowest BCUT2D eigenvalue weighted by atomic mass is 10.1. The summed E-state index contributed by atoms with van der Waals surface area (Å²) in [6.07, 6.45) is 0. The van der Waals surface area contributed by atoms with E-state index in [-0.39, 0.29) is 11.6 Å². The summed E-state index contributed by atoms with van der Waals surface area (Å²) in [5.74, 6) is 0.439. The van der Waals surface area contributed by atoms with Crippen molar-refractivity contribution >= 4 is 10.9 Å². The number of fused-ring (bicyclic) bond motifs is 1. The van der Waals surface area contributed by atoms with Gasteiger partial charge in [0.15, 0.2) is 0 Å². The highest BCUT2D eigenvalue weighted by atomic mass is 16.1. The van der Waals surface area contributed by atoms with Crippen molar-refractivity contribution in [3.05, 3.63) is 34.1 Å². The van der Waals surface area contributed by atoms with Gasteiger partial charge < -0.3 is 5.73 Å². The van der Waals surface area contributed by atoms with Gasteiger partial charge in [0.1, 0.15) is 0 Å². The molecular formula is C13H19N3O. The quantitative estimate of drug-likeness (QED) is 0.851. The SMILES string of the molecule is CC(C)Cn1[nH]c2ccc(C(C)N)cc2c1=O. The molecule has 0 aliphatic heterocycles. The van der Waals surface area contributed by atoms with Crippen molar-refractivity contribution in [2.75, 3.05) is 0 Å². The minimum Gasteiger partial charge on any atom is -0.324 e. The number of aromatic amines is 1. The smallest absolute Gasteiger partial charge is 0.274 e. The first-order valence-corrected chi connectivity index (χ1v) is 5.97. The molecule has 0 amide bonds. The van der Waals surface area contributed by atoms with Crippen molar-refractivity contribution in [3.63, 3.8) is 0 Å². The monoisotopic (exact) mass is 233 g/mol. The highest BCUT2D eigenvalue weighted by molar-refractivity contribution is 5.78. The third kappa shape index (κ3) is 2.26. The Morgan fingerprint density at radius 2 is 2.06 bits per heavy atom. The van der Waals surface area contributed by atoms with Crippen LogP contribution < -0.4 is 11.3 Å². The van der Waals surface area contributed by atoms with Gasteiger partial charge in [-0.05, 0) is 30.5 Å². The number of benzene rings is 1. The van der Waals surface area contributed by atoms with Crippen LogP contribution in [0.25, 0.3) is 10.9 Å². The molecule has 0 fully saturated rings. The van der Waals surface area contributed by atoms with E-state index < -0.39 is 0 Å².